The maximum absolute atomic E-state index is 13.8. The van der Waals surface area contributed by atoms with Crippen molar-refractivity contribution in [3.63, 3.8) is 0 Å². The van der Waals surface area contributed by atoms with Gasteiger partial charge in [-0.05, 0) is 42.5 Å². The summed E-state index contributed by atoms with van der Waals surface area (Å²) in [7, 11) is 1.48. The van der Waals surface area contributed by atoms with Gasteiger partial charge in [-0.15, -0.1) is 0 Å². The van der Waals surface area contributed by atoms with E-state index in [1.165, 1.54) is 25.3 Å². The maximum atomic E-state index is 13.8. The molecule has 0 atom stereocenters. The smallest absolute Gasteiger partial charge is 0.262 e. The van der Waals surface area contributed by atoms with E-state index in [1.807, 2.05) is 0 Å². The summed E-state index contributed by atoms with van der Waals surface area (Å²) in [5.74, 6) is -5.28. The molecule has 0 bridgehead atoms. The van der Waals surface area contributed by atoms with Crippen molar-refractivity contribution in [2.45, 2.75) is 0 Å². The standard InChI is InChI=1S/C22H17F3N2O4/c1-30-17-7-2-3-8-18(17)31-12-19(28)26-13-5-4-6-14(11-13)27-22(29)15-9-10-16(23)21(25)20(15)24/h2-11H,12H2,1H3,(H,26,28)(H,27,29). The number of hydrogen-bond acceptors (Lipinski definition) is 4. The molecule has 9 heteroatoms. The van der Waals surface area contributed by atoms with E-state index in [9.17, 15) is 22.8 Å². The van der Waals surface area contributed by atoms with Crippen molar-refractivity contribution in [2.24, 2.45) is 0 Å². The second kappa shape index (κ2) is 9.66. The number of amides is 2. The first-order valence-corrected chi connectivity index (χ1v) is 8.99. The second-order valence-electron chi connectivity index (χ2n) is 6.25. The van der Waals surface area contributed by atoms with Gasteiger partial charge in [-0.3, -0.25) is 9.59 Å². The number of rotatable bonds is 7. The van der Waals surface area contributed by atoms with Crippen molar-refractivity contribution in [2.75, 3.05) is 24.4 Å². The maximum Gasteiger partial charge on any atom is 0.262 e. The lowest BCUT2D eigenvalue weighted by Crippen LogP contribution is -2.20. The fourth-order valence-corrected chi connectivity index (χ4v) is 2.65. The molecular weight excluding hydrogens is 413 g/mol. The van der Waals surface area contributed by atoms with Gasteiger partial charge in [-0.1, -0.05) is 18.2 Å². The number of carbonyl (C=O) groups is 2. The number of anilines is 2. The molecule has 6 nitrogen and oxygen atoms in total. The van der Waals surface area contributed by atoms with Crippen LogP contribution in [0.4, 0.5) is 24.5 Å². The molecule has 0 saturated heterocycles. The van der Waals surface area contributed by atoms with Crippen molar-refractivity contribution in [3.05, 3.63) is 83.7 Å². The number of ether oxygens (including phenoxy) is 2. The van der Waals surface area contributed by atoms with Crippen molar-refractivity contribution in [1.82, 2.24) is 0 Å². The molecule has 0 unspecified atom stereocenters. The zero-order valence-corrected chi connectivity index (χ0v) is 16.2. The molecule has 2 N–H and O–H groups in total. The minimum absolute atomic E-state index is 0.206. The number of para-hydroxylation sites is 2. The van der Waals surface area contributed by atoms with Crippen LogP contribution in [0.2, 0.25) is 0 Å². The van der Waals surface area contributed by atoms with Gasteiger partial charge in [0.25, 0.3) is 11.8 Å². The van der Waals surface area contributed by atoms with Gasteiger partial charge in [0.1, 0.15) is 0 Å². The zero-order chi connectivity index (χ0) is 22.4. The molecule has 0 aliphatic carbocycles. The predicted octanol–water partition coefficient (Wildman–Crippen LogP) is 4.38. The number of methoxy groups -OCH3 is 1. The Morgan fingerprint density at radius 2 is 1.52 bits per heavy atom. The molecule has 0 fully saturated rings. The lowest BCUT2D eigenvalue weighted by atomic mass is 10.1. The summed E-state index contributed by atoms with van der Waals surface area (Å²) >= 11 is 0. The summed E-state index contributed by atoms with van der Waals surface area (Å²) in [6, 6.07) is 14.3. The third-order valence-corrected chi connectivity index (χ3v) is 4.11. The van der Waals surface area contributed by atoms with Gasteiger partial charge in [-0.2, -0.15) is 0 Å². The SMILES string of the molecule is COc1ccccc1OCC(=O)Nc1cccc(NC(=O)c2ccc(F)c(F)c2F)c1. The van der Waals surface area contributed by atoms with E-state index in [1.54, 1.807) is 30.3 Å². The molecule has 0 aliphatic rings. The highest BCUT2D eigenvalue weighted by atomic mass is 19.2. The van der Waals surface area contributed by atoms with E-state index in [0.717, 1.165) is 6.07 Å². The van der Waals surface area contributed by atoms with Gasteiger partial charge in [0.2, 0.25) is 0 Å². The van der Waals surface area contributed by atoms with E-state index >= 15 is 0 Å². The number of nitrogens with one attached hydrogen (secondary N) is 2. The Labute approximate surface area is 175 Å². The molecule has 0 aliphatic heterocycles. The molecule has 3 aromatic rings. The summed E-state index contributed by atoms with van der Waals surface area (Å²) in [6.07, 6.45) is 0. The summed E-state index contributed by atoms with van der Waals surface area (Å²) in [5, 5.41) is 4.96. The second-order valence-corrected chi connectivity index (χ2v) is 6.25. The third kappa shape index (κ3) is 5.33. The Kier molecular flexibility index (Phi) is 6.76. The van der Waals surface area contributed by atoms with Crippen LogP contribution in [0.25, 0.3) is 0 Å². The van der Waals surface area contributed by atoms with Crippen LogP contribution in [-0.4, -0.2) is 25.5 Å². The summed E-state index contributed by atoms with van der Waals surface area (Å²) in [4.78, 5) is 24.4. The fraction of sp³-hybridized carbons (Fsp3) is 0.0909. The number of hydrogen-bond donors (Lipinski definition) is 2. The summed E-state index contributed by atoms with van der Waals surface area (Å²) < 4.78 is 50.7. The van der Waals surface area contributed by atoms with Gasteiger partial charge in [0.15, 0.2) is 35.6 Å². The van der Waals surface area contributed by atoms with E-state index in [0.29, 0.717) is 23.3 Å². The molecule has 3 rings (SSSR count). The topological polar surface area (TPSA) is 76.7 Å². The van der Waals surface area contributed by atoms with E-state index < -0.39 is 34.8 Å². The first-order chi connectivity index (χ1) is 14.9. The Balaban J connectivity index is 1.63. The van der Waals surface area contributed by atoms with E-state index in [4.69, 9.17) is 9.47 Å². The third-order valence-electron chi connectivity index (χ3n) is 4.11. The van der Waals surface area contributed by atoms with Gasteiger partial charge in [0, 0.05) is 11.4 Å². The van der Waals surface area contributed by atoms with Crippen LogP contribution in [-0.2, 0) is 4.79 Å². The molecule has 0 radical (unpaired) electrons. The van der Waals surface area contributed by atoms with Crippen molar-refractivity contribution >= 4 is 23.2 Å². The summed E-state index contributed by atoms with van der Waals surface area (Å²) in [5.41, 5.74) is -0.117. The van der Waals surface area contributed by atoms with Crippen molar-refractivity contribution in [1.29, 1.82) is 0 Å². The van der Waals surface area contributed by atoms with Crippen LogP contribution in [0, 0.1) is 17.5 Å². The molecule has 160 valence electrons. The first kappa shape index (κ1) is 21.7. The highest BCUT2D eigenvalue weighted by Crippen LogP contribution is 2.25. The van der Waals surface area contributed by atoms with Gasteiger partial charge >= 0.3 is 0 Å². The molecule has 0 aromatic heterocycles. The highest BCUT2D eigenvalue weighted by Gasteiger charge is 2.19. The van der Waals surface area contributed by atoms with Crippen LogP contribution < -0.4 is 20.1 Å². The lowest BCUT2D eigenvalue weighted by Gasteiger charge is -2.11. The van der Waals surface area contributed by atoms with Crippen LogP contribution in [0.1, 0.15) is 10.4 Å². The minimum atomic E-state index is -1.73. The molecular formula is C22H17F3N2O4. The molecule has 0 saturated carbocycles. The fourth-order valence-electron chi connectivity index (χ4n) is 2.65. The average Bonchev–Trinajstić information content (AvgIpc) is 2.76. The Hall–Kier alpha value is -4.01. The van der Waals surface area contributed by atoms with Crippen LogP contribution >= 0.6 is 0 Å². The van der Waals surface area contributed by atoms with E-state index in [-0.39, 0.29) is 12.3 Å². The Bertz CT molecular complexity index is 1120. The Morgan fingerprint density at radius 1 is 0.839 bits per heavy atom. The Morgan fingerprint density at radius 3 is 2.23 bits per heavy atom. The zero-order valence-electron chi connectivity index (χ0n) is 16.2. The van der Waals surface area contributed by atoms with Gasteiger partial charge < -0.3 is 20.1 Å². The largest absolute Gasteiger partial charge is 0.493 e. The lowest BCUT2D eigenvalue weighted by molar-refractivity contribution is -0.118. The predicted molar refractivity (Wildman–Crippen MR) is 108 cm³/mol. The molecule has 0 spiro atoms. The van der Waals surface area contributed by atoms with E-state index in [2.05, 4.69) is 10.6 Å². The van der Waals surface area contributed by atoms with Crippen LogP contribution in [0.5, 0.6) is 11.5 Å². The van der Waals surface area contributed by atoms with Gasteiger partial charge in [0.05, 0.1) is 12.7 Å². The minimum Gasteiger partial charge on any atom is -0.493 e. The van der Waals surface area contributed by atoms with Crippen molar-refractivity contribution < 1.29 is 32.2 Å². The highest BCUT2D eigenvalue weighted by molar-refractivity contribution is 6.05. The van der Waals surface area contributed by atoms with Crippen molar-refractivity contribution in [3.8, 4) is 11.5 Å². The number of benzene rings is 3. The monoisotopic (exact) mass is 430 g/mol. The van der Waals surface area contributed by atoms with Gasteiger partial charge in [-0.25, -0.2) is 13.2 Å². The molecule has 3 aromatic carbocycles. The molecule has 0 heterocycles. The average molecular weight is 430 g/mol. The first-order valence-electron chi connectivity index (χ1n) is 8.99. The van der Waals surface area contributed by atoms with Crippen LogP contribution in [0.15, 0.2) is 60.7 Å². The van der Waals surface area contributed by atoms with Crippen LogP contribution in [0.3, 0.4) is 0 Å². The normalized spacial score (nSPS) is 10.3. The number of halogens is 3. The quantitative estimate of drug-likeness (QED) is 0.546. The molecule has 2 amide bonds. The summed E-state index contributed by atoms with van der Waals surface area (Å²) in [6.45, 7) is -0.295. The molecule has 31 heavy (non-hydrogen) atoms. The number of carbonyl (C=O) groups excluding carboxylic acids is 2.